The second-order valence-corrected chi connectivity index (χ2v) is 6.46. The van der Waals surface area contributed by atoms with Crippen molar-refractivity contribution in [3.8, 4) is 27.6 Å². The number of nitrogen functional groups attached to an aromatic ring is 1. The van der Waals surface area contributed by atoms with Crippen molar-refractivity contribution in [2.45, 2.75) is 6.92 Å². The molecule has 120 valence electrons. The molecule has 24 heavy (non-hydrogen) atoms. The van der Waals surface area contributed by atoms with E-state index in [9.17, 15) is 4.79 Å². The molecule has 0 saturated carbocycles. The number of ether oxygens (including phenoxy) is 1. The van der Waals surface area contributed by atoms with Crippen molar-refractivity contribution in [2.24, 2.45) is 0 Å². The monoisotopic (exact) mass is 337 g/mol. The van der Waals surface area contributed by atoms with Crippen LogP contribution in [0.1, 0.15) is 5.56 Å². The third-order valence-electron chi connectivity index (χ3n) is 4.02. The molecule has 0 fully saturated rings. The zero-order valence-electron chi connectivity index (χ0n) is 13.0. The third-order valence-corrected chi connectivity index (χ3v) is 4.89. The molecule has 1 amide bonds. The summed E-state index contributed by atoms with van der Waals surface area (Å²) < 4.78 is 5.39. The van der Waals surface area contributed by atoms with Crippen LogP contribution in [-0.4, -0.2) is 17.5 Å². The highest BCUT2D eigenvalue weighted by Gasteiger charge is 2.17. The van der Waals surface area contributed by atoms with E-state index in [2.05, 4.69) is 5.32 Å². The summed E-state index contributed by atoms with van der Waals surface area (Å²) >= 11 is 1.57. The molecular formula is C18H15N3O2S. The highest BCUT2D eigenvalue weighted by Crippen LogP contribution is 2.36. The smallest absolute Gasteiger partial charge is 0.262 e. The van der Waals surface area contributed by atoms with Crippen LogP contribution in [0.3, 0.4) is 0 Å². The van der Waals surface area contributed by atoms with Crippen molar-refractivity contribution in [1.29, 1.82) is 0 Å². The van der Waals surface area contributed by atoms with Crippen molar-refractivity contribution in [2.75, 3.05) is 17.7 Å². The second kappa shape index (κ2) is 5.65. The Morgan fingerprint density at radius 3 is 3.04 bits per heavy atom. The molecule has 0 bridgehead atoms. The number of carbonyl (C=O) groups excluding carboxylic acids is 1. The highest BCUT2D eigenvalue weighted by molar-refractivity contribution is 7.13. The molecule has 0 radical (unpaired) electrons. The normalized spacial score (nSPS) is 13.1. The number of carbonyl (C=O) groups is 1. The molecule has 2 heterocycles. The van der Waals surface area contributed by atoms with Crippen molar-refractivity contribution < 1.29 is 9.53 Å². The zero-order chi connectivity index (χ0) is 16.7. The minimum Gasteiger partial charge on any atom is -0.482 e. The Bertz CT molecular complexity index is 949. The summed E-state index contributed by atoms with van der Waals surface area (Å²) in [5.41, 5.74) is 11.3. The topological polar surface area (TPSA) is 77.2 Å². The Morgan fingerprint density at radius 1 is 1.29 bits per heavy atom. The van der Waals surface area contributed by atoms with Crippen molar-refractivity contribution in [1.82, 2.24) is 4.98 Å². The highest BCUT2D eigenvalue weighted by atomic mass is 32.1. The van der Waals surface area contributed by atoms with Crippen molar-refractivity contribution in [3.05, 3.63) is 47.3 Å². The van der Waals surface area contributed by atoms with Gasteiger partial charge in [0.1, 0.15) is 10.8 Å². The molecule has 1 aromatic heterocycles. The van der Waals surface area contributed by atoms with Crippen LogP contribution in [-0.2, 0) is 4.79 Å². The number of nitrogens with zero attached hydrogens (tertiary/aromatic N) is 1. The van der Waals surface area contributed by atoms with Crippen LogP contribution < -0.4 is 15.8 Å². The van der Waals surface area contributed by atoms with Crippen LogP contribution in [0, 0.1) is 6.92 Å². The van der Waals surface area contributed by atoms with Crippen LogP contribution in [0.15, 0.2) is 41.8 Å². The summed E-state index contributed by atoms with van der Waals surface area (Å²) in [6.07, 6.45) is 0. The zero-order valence-corrected chi connectivity index (χ0v) is 13.8. The number of anilines is 2. The van der Waals surface area contributed by atoms with Gasteiger partial charge in [-0.1, -0.05) is 12.1 Å². The SMILES string of the molecule is Cc1c(N)cccc1-c1nc(-c2ccc3c(c2)NC(=O)CO3)cs1. The quantitative estimate of drug-likeness (QED) is 0.699. The van der Waals surface area contributed by atoms with E-state index < -0.39 is 0 Å². The number of nitrogens with one attached hydrogen (secondary N) is 1. The van der Waals surface area contributed by atoms with E-state index in [0.717, 1.165) is 33.1 Å². The van der Waals surface area contributed by atoms with E-state index in [1.54, 1.807) is 11.3 Å². The molecule has 0 atom stereocenters. The Morgan fingerprint density at radius 2 is 2.17 bits per heavy atom. The summed E-state index contributed by atoms with van der Waals surface area (Å²) in [6.45, 7) is 2.05. The lowest BCUT2D eigenvalue weighted by Crippen LogP contribution is -2.25. The molecule has 6 heteroatoms. The van der Waals surface area contributed by atoms with E-state index in [0.29, 0.717) is 11.4 Å². The fourth-order valence-electron chi connectivity index (χ4n) is 2.66. The molecule has 0 aliphatic carbocycles. The number of hydrogen-bond acceptors (Lipinski definition) is 5. The summed E-state index contributed by atoms with van der Waals surface area (Å²) in [4.78, 5) is 16.2. The first-order chi connectivity index (χ1) is 11.6. The fourth-order valence-corrected chi connectivity index (χ4v) is 3.57. The minimum absolute atomic E-state index is 0.0574. The summed E-state index contributed by atoms with van der Waals surface area (Å²) in [5.74, 6) is 0.537. The molecular weight excluding hydrogens is 322 g/mol. The standard InChI is InChI=1S/C18H15N3O2S/c1-10-12(3-2-4-13(10)19)18-21-15(9-24-18)11-5-6-16-14(7-11)20-17(22)8-23-16/h2-7,9H,8,19H2,1H3,(H,20,22). The van der Waals surface area contributed by atoms with Gasteiger partial charge < -0.3 is 15.8 Å². The predicted octanol–water partition coefficient (Wildman–Crippen LogP) is 3.70. The first-order valence-electron chi connectivity index (χ1n) is 7.50. The van der Waals surface area contributed by atoms with E-state index >= 15 is 0 Å². The van der Waals surface area contributed by atoms with Gasteiger partial charge in [0.05, 0.1) is 11.4 Å². The van der Waals surface area contributed by atoms with Gasteiger partial charge in [0.15, 0.2) is 6.61 Å². The lowest BCUT2D eigenvalue weighted by molar-refractivity contribution is -0.118. The maximum absolute atomic E-state index is 11.5. The van der Waals surface area contributed by atoms with Crippen molar-refractivity contribution >= 4 is 28.6 Å². The van der Waals surface area contributed by atoms with Gasteiger partial charge in [0.25, 0.3) is 5.91 Å². The number of nitrogens with two attached hydrogens (primary N) is 1. The number of thiazole rings is 1. The Hall–Kier alpha value is -2.86. The molecule has 0 saturated heterocycles. The molecule has 1 aliphatic rings. The number of aromatic nitrogens is 1. The Labute approximate surface area is 143 Å². The average molecular weight is 337 g/mol. The molecule has 1 aliphatic heterocycles. The lowest BCUT2D eigenvalue weighted by atomic mass is 10.1. The van der Waals surface area contributed by atoms with Gasteiger partial charge in [-0.3, -0.25) is 4.79 Å². The van der Waals surface area contributed by atoms with E-state index in [-0.39, 0.29) is 12.5 Å². The molecule has 2 aromatic carbocycles. The molecule has 0 spiro atoms. The lowest BCUT2D eigenvalue weighted by Gasteiger charge is -2.18. The van der Waals surface area contributed by atoms with Crippen molar-refractivity contribution in [3.63, 3.8) is 0 Å². The van der Waals surface area contributed by atoms with Gasteiger partial charge in [0, 0.05) is 22.2 Å². The number of fused-ring (bicyclic) bond motifs is 1. The minimum atomic E-state index is -0.144. The van der Waals surface area contributed by atoms with Gasteiger partial charge in [-0.05, 0) is 36.8 Å². The van der Waals surface area contributed by atoms with Gasteiger partial charge in [0.2, 0.25) is 0 Å². The van der Waals surface area contributed by atoms with Gasteiger partial charge in [-0.25, -0.2) is 4.98 Å². The predicted molar refractivity (Wildman–Crippen MR) is 96.3 cm³/mol. The molecule has 3 aromatic rings. The summed E-state index contributed by atoms with van der Waals surface area (Å²) in [5, 5.41) is 5.75. The maximum Gasteiger partial charge on any atom is 0.262 e. The van der Waals surface area contributed by atoms with Crippen LogP contribution in [0.4, 0.5) is 11.4 Å². The van der Waals surface area contributed by atoms with Gasteiger partial charge in [-0.15, -0.1) is 11.3 Å². The Kier molecular flexibility index (Phi) is 3.46. The molecule has 3 N–H and O–H groups in total. The average Bonchev–Trinajstić information content (AvgIpc) is 3.06. The van der Waals surface area contributed by atoms with Crippen LogP contribution >= 0.6 is 11.3 Å². The summed E-state index contributed by atoms with van der Waals surface area (Å²) in [6, 6.07) is 11.5. The van der Waals surface area contributed by atoms with Gasteiger partial charge >= 0.3 is 0 Å². The van der Waals surface area contributed by atoms with E-state index in [1.165, 1.54) is 0 Å². The van der Waals surface area contributed by atoms with Crippen LogP contribution in [0.25, 0.3) is 21.8 Å². The first kappa shape index (κ1) is 14.7. The van der Waals surface area contributed by atoms with Crippen LogP contribution in [0.5, 0.6) is 5.75 Å². The molecule has 5 nitrogen and oxygen atoms in total. The van der Waals surface area contributed by atoms with Crippen LogP contribution in [0.2, 0.25) is 0 Å². The van der Waals surface area contributed by atoms with E-state index in [4.69, 9.17) is 15.5 Å². The molecule has 0 unspecified atom stereocenters. The third kappa shape index (κ3) is 2.51. The maximum atomic E-state index is 11.5. The Balaban J connectivity index is 1.72. The number of benzene rings is 2. The molecule has 4 rings (SSSR count). The first-order valence-corrected chi connectivity index (χ1v) is 8.38. The number of amides is 1. The number of rotatable bonds is 2. The largest absolute Gasteiger partial charge is 0.482 e. The van der Waals surface area contributed by atoms with E-state index in [1.807, 2.05) is 48.7 Å². The second-order valence-electron chi connectivity index (χ2n) is 5.61. The van der Waals surface area contributed by atoms with Gasteiger partial charge in [-0.2, -0.15) is 0 Å². The fraction of sp³-hybridized carbons (Fsp3) is 0.111. The number of hydrogen-bond donors (Lipinski definition) is 2. The summed E-state index contributed by atoms with van der Waals surface area (Å²) in [7, 11) is 0.